The van der Waals surface area contributed by atoms with E-state index in [1.54, 1.807) is 25.3 Å². The molecule has 164 valence electrons. The van der Waals surface area contributed by atoms with E-state index in [1.165, 1.54) is 0 Å². The molecule has 0 radical (unpaired) electrons. The molecule has 0 fully saturated rings. The zero-order chi connectivity index (χ0) is 22.4. The largest absolute Gasteiger partial charge is 0.493 e. The monoisotopic (exact) mass is 423 g/mol. The number of rotatable bonds is 9. The molecule has 3 aromatic rings. The van der Waals surface area contributed by atoms with Crippen LogP contribution in [-0.4, -0.2) is 31.3 Å². The van der Waals surface area contributed by atoms with Crippen molar-refractivity contribution < 1.29 is 18.8 Å². The SMILES string of the molecule is CCN(CC)c1ccc(NC(=O)c2ccc(OCc3c(C)noc3C)c(OC)c2)cc1. The number of hydrogen-bond acceptors (Lipinski definition) is 6. The number of hydrogen-bond donors (Lipinski definition) is 1. The lowest BCUT2D eigenvalue weighted by molar-refractivity contribution is 0.102. The van der Waals surface area contributed by atoms with Gasteiger partial charge in [-0.05, 0) is 70.2 Å². The fourth-order valence-electron chi connectivity index (χ4n) is 3.33. The average molecular weight is 424 g/mol. The van der Waals surface area contributed by atoms with E-state index in [4.69, 9.17) is 14.0 Å². The summed E-state index contributed by atoms with van der Waals surface area (Å²) >= 11 is 0. The maximum absolute atomic E-state index is 12.7. The van der Waals surface area contributed by atoms with E-state index in [9.17, 15) is 4.79 Å². The summed E-state index contributed by atoms with van der Waals surface area (Å²) in [5.74, 6) is 1.53. The van der Waals surface area contributed by atoms with Crippen LogP contribution in [0.4, 0.5) is 11.4 Å². The van der Waals surface area contributed by atoms with Gasteiger partial charge in [0.1, 0.15) is 12.4 Å². The van der Waals surface area contributed by atoms with E-state index in [0.29, 0.717) is 23.7 Å². The Morgan fingerprint density at radius 2 is 1.77 bits per heavy atom. The maximum Gasteiger partial charge on any atom is 0.255 e. The van der Waals surface area contributed by atoms with Crippen molar-refractivity contribution in [2.75, 3.05) is 30.4 Å². The van der Waals surface area contributed by atoms with Crippen molar-refractivity contribution in [2.45, 2.75) is 34.3 Å². The van der Waals surface area contributed by atoms with Gasteiger partial charge in [0, 0.05) is 30.0 Å². The third-order valence-corrected chi connectivity index (χ3v) is 5.23. The molecule has 0 atom stereocenters. The predicted molar refractivity (Wildman–Crippen MR) is 121 cm³/mol. The molecule has 0 bridgehead atoms. The molecule has 7 nitrogen and oxygen atoms in total. The number of methoxy groups -OCH3 is 1. The first-order valence-corrected chi connectivity index (χ1v) is 10.4. The number of aryl methyl sites for hydroxylation is 2. The summed E-state index contributed by atoms with van der Waals surface area (Å²) < 4.78 is 16.5. The topological polar surface area (TPSA) is 76.8 Å². The highest BCUT2D eigenvalue weighted by molar-refractivity contribution is 6.04. The van der Waals surface area contributed by atoms with E-state index in [2.05, 4.69) is 29.2 Å². The molecule has 1 heterocycles. The predicted octanol–water partition coefficient (Wildman–Crippen LogP) is 4.98. The number of anilines is 2. The van der Waals surface area contributed by atoms with Gasteiger partial charge in [-0.25, -0.2) is 0 Å². The van der Waals surface area contributed by atoms with Gasteiger partial charge in [-0.15, -0.1) is 0 Å². The molecule has 0 unspecified atom stereocenters. The summed E-state index contributed by atoms with van der Waals surface area (Å²) in [4.78, 5) is 15.0. The summed E-state index contributed by atoms with van der Waals surface area (Å²) in [6, 6.07) is 12.9. The summed E-state index contributed by atoms with van der Waals surface area (Å²) in [5, 5.41) is 6.86. The molecular weight excluding hydrogens is 394 g/mol. The van der Waals surface area contributed by atoms with Gasteiger partial charge in [-0.1, -0.05) is 5.16 Å². The molecular formula is C24H29N3O4. The Morgan fingerprint density at radius 1 is 1.06 bits per heavy atom. The van der Waals surface area contributed by atoms with Crippen LogP contribution in [0.1, 0.15) is 41.2 Å². The Kier molecular flexibility index (Phi) is 7.18. The third-order valence-electron chi connectivity index (χ3n) is 5.23. The first-order chi connectivity index (χ1) is 15.0. The molecule has 0 spiro atoms. The van der Waals surface area contributed by atoms with E-state index >= 15 is 0 Å². The van der Waals surface area contributed by atoms with Gasteiger partial charge >= 0.3 is 0 Å². The van der Waals surface area contributed by atoms with Crippen molar-refractivity contribution in [3.8, 4) is 11.5 Å². The molecule has 0 aliphatic rings. The van der Waals surface area contributed by atoms with Crippen LogP contribution in [0.2, 0.25) is 0 Å². The van der Waals surface area contributed by atoms with Crippen LogP contribution in [0, 0.1) is 13.8 Å². The third kappa shape index (κ3) is 5.17. The highest BCUT2D eigenvalue weighted by atomic mass is 16.5. The van der Waals surface area contributed by atoms with Gasteiger partial charge in [0.25, 0.3) is 5.91 Å². The van der Waals surface area contributed by atoms with Crippen molar-refractivity contribution in [3.63, 3.8) is 0 Å². The molecule has 7 heteroatoms. The zero-order valence-corrected chi connectivity index (χ0v) is 18.7. The highest BCUT2D eigenvalue weighted by Gasteiger charge is 2.14. The Hall–Kier alpha value is -3.48. The quantitative estimate of drug-likeness (QED) is 0.523. The zero-order valence-electron chi connectivity index (χ0n) is 18.7. The summed E-state index contributed by atoms with van der Waals surface area (Å²) in [6.07, 6.45) is 0. The van der Waals surface area contributed by atoms with Crippen LogP contribution in [0.15, 0.2) is 47.0 Å². The Labute approximate surface area is 182 Å². The molecule has 2 aromatic carbocycles. The maximum atomic E-state index is 12.7. The molecule has 1 aromatic heterocycles. The van der Waals surface area contributed by atoms with Crippen LogP contribution < -0.4 is 19.7 Å². The Balaban J connectivity index is 1.69. The van der Waals surface area contributed by atoms with Gasteiger partial charge in [0.15, 0.2) is 11.5 Å². The van der Waals surface area contributed by atoms with Crippen molar-refractivity contribution in [1.82, 2.24) is 5.16 Å². The van der Waals surface area contributed by atoms with Crippen LogP contribution >= 0.6 is 0 Å². The first-order valence-electron chi connectivity index (χ1n) is 10.4. The molecule has 3 rings (SSSR count). The summed E-state index contributed by atoms with van der Waals surface area (Å²) in [7, 11) is 1.55. The molecule has 31 heavy (non-hydrogen) atoms. The van der Waals surface area contributed by atoms with Crippen LogP contribution in [0.3, 0.4) is 0 Å². The number of benzene rings is 2. The summed E-state index contributed by atoms with van der Waals surface area (Å²) in [5.41, 5.74) is 4.04. The number of ether oxygens (including phenoxy) is 2. The van der Waals surface area contributed by atoms with Gasteiger partial charge < -0.3 is 24.2 Å². The van der Waals surface area contributed by atoms with Crippen LogP contribution in [0.5, 0.6) is 11.5 Å². The molecule has 1 N–H and O–H groups in total. The normalized spacial score (nSPS) is 10.6. The van der Waals surface area contributed by atoms with E-state index < -0.39 is 0 Å². The lowest BCUT2D eigenvalue weighted by Crippen LogP contribution is -2.21. The minimum atomic E-state index is -0.217. The molecule has 0 aliphatic carbocycles. The number of aromatic nitrogens is 1. The fraction of sp³-hybridized carbons (Fsp3) is 0.333. The van der Waals surface area contributed by atoms with Gasteiger partial charge in [0.2, 0.25) is 0 Å². The molecule has 1 amide bonds. The van der Waals surface area contributed by atoms with E-state index in [1.807, 2.05) is 38.1 Å². The van der Waals surface area contributed by atoms with Gasteiger partial charge in [-0.3, -0.25) is 4.79 Å². The Morgan fingerprint density at radius 3 is 2.35 bits per heavy atom. The lowest BCUT2D eigenvalue weighted by Gasteiger charge is -2.21. The van der Waals surface area contributed by atoms with Crippen molar-refractivity contribution >= 4 is 17.3 Å². The average Bonchev–Trinajstić information content (AvgIpc) is 3.11. The molecule has 0 aliphatic heterocycles. The summed E-state index contributed by atoms with van der Waals surface area (Å²) in [6.45, 7) is 10.1. The lowest BCUT2D eigenvalue weighted by atomic mass is 10.1. The fourth-order valence-corrected chi connectivity index (χ4v) is 3.33. The number of carbonyl (C=O) groups is 1. The van der Waals surface area contributed by atoms with Gasteiger partial charge in [-0.2, -0.15) is 0 Å². The van der Waals surface area contributed by atoms with Crippen molar-refractivity contribution in [1.29, 1.82) is 0 Å². The number of amides is 1. The van der Waals surface area contributed by atoms with Crippen molar-refractivity contribution in [2.24, 2.45) is 0 Å². The Bertz CT molecular complexity index is 1000. The highest BCUT2D eigenvalue weighted by Crippen LogP contribution is 2.30. The number of carbonyl (C=O) groups excluding carboxylic acids is 1. The van der Waals surface area contributed by atoms with Crippen LogP contribution in [-0.2, 0) is 6.61 Å². The standard InChI is InChI=1S/C24H29N3O4/c1-6-27(7-2)20-11-9-19(10-12-20)25-24(28)18-8-13-22(23(14-18)29-5)30-15-21-16(3)26-31-17(21)4/h8-14H,6-7,15H2,1-5H3,(H,25,28). The smallest absolute Gasteiger partial charge is 0.255 e. The minimum Gasteiger partial charge on any atom is -0.493 e. The van der Waals surface area contributed by atoms with Crippen LogP contribution in [0.25, 0.3) is 0 Å². The number of nitrogens with one attached hydrogen (secondary N) is 1. The van der Waals surface area contributed by atoms with Gasteiger partial charge in [0.05, 0.1) is 18.4 Å². The minimum absolute atomic E-state index is 0.217. The first kappa shape index (κ1) is 22.2. The molecule has 0 saturated carbocycles. The molecule has 0 saturated heterocycles. The van der Waals surface area contributed by atoms with E-state index in [-0.39, 0.29) is 5.91 Å². The second kappa shape index (κ2) is 10.0. The van der Waals surface area contributed by atoms with E-state index in [0.717, 1.165) is 41.5 Å². The van der Waals surface area contributed by atoms with Crippen molar-refractivity contribution in [3.05, 3.63) is 65.0 Å². The number of nitrogens with zero attached hydrogens (tertiary/aromatic N) is 2. The second-order valence-electron chi connectivity index (χ2n) is 7.13. The second-order valence-corrected chi connectivity index (χ2v) is 7.13.